The molecule has 5 nitrogen and oxygen atoms in total. The van der Waals surface area contributed by atoms with Crippen molar-refractivity contribution in [2.75, 3.05) is 12.4 Å². The van der Waals surface area contributed by atoms with E-state index in [0.717, 1.165) is 36.9 Å². The summed E-state index contributed by atoms with van der Waals surface area (Å²) in [5.41, 5.74) is 2.58. The van der Waals surface area contributed by atoms with Crippen molar-refractivity contribution < 1.29 is 5.11 Å². The lowest BCUT2D eigenvalue weighted by molar-refractivity contribution is 0.0735. The summed E-state index contributed by atoms with van der Waals surface area (Å²) in [7, 11) is 1.83. The molecule has 0 saturated heterocycles. The van der Waals surface area contributed by atoms with E-state index in [1.54, 1.807) is 10.9 Å². The molecule has 0 radical (unpaired) electrons. The molecule has 1 saturated carbocycles. The Morgan fingerprint density at radius 3 is 2.81 bits per heavy atom. The van der Waals surface area contributed by atoms with Gasteiger partial charge in [-0.15, -0.1) is 0 Å². The van der Waals surface area contributed by atoms with Gasteiger partial charge in [-0.1, -0.05) is 18.9 Å². The number of aryl methyl sites for hydroxylation is 1. The molecule has 0 amide bonds. The highest BCUT2D eigenvalue weighted by molar-refractivity contribution is 5.91. The number of aliphatic hydroxyl groups is 1. The van der Waals surface area contributed by atoms with Gasteiger partial charge in [0.05, 0.1) is 29.5 Å². The van der Waals surface area contributed by atoms with E-state index < -0.39 is 6.10 Å². The van der Waals surface area contributed by atoms with Crippen molar-refractivity contribution in [3.63, 3.8) is 0 Å². The van der Waals surface area contributed by atoms with E-state index in [9.17, 15) is 9.90 Å². The smallest absolute Gasteiger partial charge is 0.261 e. The highest BCUT2D eigenvalue weighted by Crippen LogP contribution is 2.29. The summed E-state index contributed by atoms with van der Waals surface area (Å²) in [6.07, 6.45) is 4.79. The van der Waals surface area contributed by atoms with Crippen LogP contribution in [0.1, 0.15) is 37.3 Å². The van der Waals surface area contributed by atoms with Crippen LogP contribution in [-0.2, 0) is 0 Å². The molecular formula is C16H21N3O2. The molecule has 3 rings (SSSR count). The van der Waals surface area contributed by atoms with Crippen LogP contribution in [0.4, 0.5) is 5.69 Å². The number of anilines is 1. The summed E-state index contributed by atoms with van der Waals surface area (Å²) >= 11 is 0. The van der Waals surface area contributed by atoms with Crippen LogP contribution in [-0.4, -0.2) is 27.8 Å². The molecule has 0 aliphatic heterocycles. The molecule has 1 fully saturated rings. The van der Waals surface area contributed by atoms with Crippen molar-refractivity contribution in [1.29, 1.82) is 0 Å². The minimum absolute atomic E-state index is 0.0672. The number of aliphatic hydroxyl groups excluding tert-OH is 1. The molecule has 112 valence electrons. The Hall–Kier alpha value is -1.88. The highest BCUT2D eigenvalue weighted by Gasteiger charge is 2.26. The molecule has 2 atom stereocenters. The SMILES string of the molecule is CNc1c(C)ccc2c(=O)n([C@H]3CCCC[C@@H]3O)cnc12. The zero-order chi connectivity index (χ0) is 15.0. The highest BCUT2D eigenvalue weighted by atomic mass is 16.3. The number of nitrogens with zero attached hydrogens (tertiary/aromatic N) is 2. The molecular weight excluding hydrogens is 266 g/mol. The predicted molar refractivity (Wildman–Crippen MR) is 83.8 cm³/mol. The molecule has 0 bridgehead atoms. The maximum absolute atomic E-state index is 12.7. The normalized spacial score (nSPS) is 22.4. The second-order valence-electron chi connectivity index (χ2n) is 5.78. The maximum Gasteiger partial charge on any atom is 0.261 e. The van der Waals surface area contributed by atoms with Crippen molar-refractivity contribution >= 4 is 16.6 Å². The van der Waals surface area contributed by atoms with E-state index in [-0.39, 0.29) is 11.6 Å². The van der Waals surface area contributed by atoms with Gasteiger partial charge in [-0.2, -0.15) is 0 Å². The molecule has 1 aromatic heterocycles. The van der Waals surface area contributed by atoms with Crippen molar-refractivity contribution in [1.82, 2.24) is 9.55 Å². The lowest BCUT2D eigenvalue weighted by atomic mass is 9.92. The standard InChI is InChI=1S/C16H21N3O2/c1-10-7-8-11-15(14(10)17-2)18-9-19(16(11)21)12-5-3-4-6-13(12)20/h7-9,12-13,17,20H,3-6H2,1-2H3/t12-,13-/m0/s1. The van der Waals surface area contributed by atoms with Gasteiger partial charge in [-0.05, 0) is 31.4 Å². The van der Waals surface area contributed by atoms with Gasteiger partial charge in [-0.3, -0.25) is 9.36 Å². The lowest BCUT2D eigenvalue weighted by Crippen LogP contribution is -2.34. The van der Waals surface area contributed by atoms with Crippen LogP contribution in [0.3, 0.4) is 0 Å². The van der Waals surface area contributed by atoms with Gasteiger partial charge in [0.2, 0.25) is 0 Å². The third-order valence-corrected chi connectivity index (χ3v) is 4.46. The Labute approximate surface area is 123 Å². The third-order valence-electron chi connectivity index (χ3n) is 4.46. The molecule has 1 aromatic carbocycles. The Balaban J connectivity index is 2.17. The van der Waals surface area contributed by atoms with Gasteiger partial charge < -0.3 is 10.4 Å². The average molecular weight is 287 g/mol. The fraction of sp³-hybridized carbons (Fsp3) is 0.500. The summed E-state index contributed by atoms with van der Waals surface area (Å²) in [4.78, 5) is 17.2. The molecule has 1 aliphatic rings. The van der Waals surface area contributed by atoms with E-state index in [1.165, 1.54) is 0 Å². The van der Waals surface area contributed by atoms with Crippen molar-refractivity contribution in [3.05, 3.63) is 34.4 Å². The van der Waals surface area contributed by atoms with Crippen LogP contribution in [0.15, 0.2) is 23.3 Å². The van der Waals surface area contributed by atoms with Crippen LogP contribution in [0, 0.1) is 6.92 Å². The second-order valence-corrected chi connectivity index (χ2v) is 5.78. The molecule has 1 heterocycles. The molecule has 0 spiro atoms. The Morgan fingerprint density at radius 1 is 1.33 bits per heavy atom. The van der Waals surface area contributed by atoms with E-state index in [4.69, 9.17) is 0 Å². The fourth-order valence-electron chi connectivity index (χ4n) is 3.28. The summed E-state index contributed by atoms with van der Waals surface area (Å²) in [6, 6.07) is 3.60. The quantitative estimate of drug-likeness (QED) is 0.889. The first-order valence-corrected chi connectivity index (χ1v) is 7.49. The fourth-order valence-corrected chi connectivity index (χ4v) is 3.28. The van der Waals surface area contributed by atoms with Crippen LogP contribution in [0.25, 0.3) is 10.9 Å². The summed E-state index contributed by atoms with van der Waals surface area (Å²) in [6.45, 7) is 1.99. The number of benzene rings is 1. The topological polar surface area (TPSA) is 67.2 Å². The molecule has 21 heavy (non-hydrogen) atoms. The number of fused-ring (bicyclic) bond motifs is 1. The molecule has 0 unspecified atom stereocenters. The second kappa shape index (κ2) is 5.48. The van der Waals surface area contributed by atoms with Crippen molar-refractivity contribution in [2.45, 2.75) is 44.8 Å². The zero-order valence-electron chi connectivity index (χ0n) is 12.5. The summed E-state index contributed by atoms with van der Waals surface area (Å²) in [5, 5.41) is 13.9. The summed E-state index contributed by atoms with van der Waals surface area (Å²) in [5.74, 6) is 0. The van der Waals surface area contributed by atoms with Crippen LogP contribution in [0.2, 0.25) is 0 Å². The van der Waals surface area contributed by atoms with Crippen LogP contribution >= 0.6 is 0 Å². The van der Waals surface area contributed by atoms with Crippen molar-refractivity contribution in [2.24, 2.45) is 0 Å². The van der Waals surface area contributed by atoms with Gasteiger partial charge in [0.25, 0.3) is 5.56 Å². The van der Waals surface area contributed by atoms with Crippen molar-refractivity contribution in [3.8, 4) is 0 Å². The molecule has 1 aliphatic carbocycles. The number of rotatable bonds is 2. The first-order valence-electron chi connectivity index (χ1n) is 7.49. The molecule has 2 aromatic rings. The predicted octanol–water partition coefficient (Wildman–Crippen LogP) is 2.22. The van der Waals surface area contributed by atoms with Gasteiger partial charge in [0, 0.05) is 7.05 Å². The van der Waals surface area contributed by atoms with Gasteiger partial charge >= 0.3 is 0 Å². The Bertz CT molecular complexity index is 723. The number of hydrogen-bond acceptors (Lipinski definition) is 4. The van der Waals surface area contributed by atoms with E-state index in [1.807, 2.05) is 26.1 Å². The maximum atomic E-state index is 12.7. The summed E-state index contributed by atoms with van der Waals surface area (Å²) < 4.78 is 1.61. The first-order chi connectivity index (χ1) is 10.1. The third kappa shape index (κ3) is 2.31. The zero-order valence-corrected chi connectivity index (χ0v) is 12.5. The number of hydrogen-bond donors (Lipinski definition) is 2. The van der Waals surface area contributed by atoms with Gasteiger partial charge in [0.1, 0.15) is 5.52 Å². The van der Waals surface area contributed by atoms with E-state index in [2.05, 4.69) is 10.3 Å². The van der Waals surface area contributed by atoms with E-state index in [0.29, 0.717) is 10.9 Å². The number of aromatic nitrogens is 2. The lowest BCUT2D eigenvalue weighted by Gasteiger charge is -2.29. The number of nitrogens with one attached hydrogen (secondary N) is 1. The minimum atomic E-state index is -0.454. The minimum Gasteiger partial charge on any atom is -0.391 e. The average Bonchev–Trinajstić information content (AvgIpc) is 2.48. The van der Waals surface area contributed by atoms with Crippen LogP contribution < -0.4 is 10.9 Å². The molecule has 5 heteroatoms. The van der Waals surface area contributed by atoms with Gasteiger partial charge in [0.15, 0.2) is 0 Å². The Morgan fingerprint density at radius 2 is 2.10 bits per heavy atom. The molecule has 2 N–H and O–H groups in total. The Kier molecular flexibility index (Phi) is 3.68. The van der Waals surface area contributed by atoms with Crippen LogP contribution in [0.5, 0.6) is 0 Å². The first kappa shape index (κ1) is 14.1. The monoisotopic (exact) mass is 287 g/mol. The largest absolute Gasteiger partial charge is 0.391 e. The van der Waals surface area contributed by atoms with Gasteiger partial charge in [-0.25, -0.2) is 4.98 Å². The van der Waals surface area contributed by atoms with E-state index >= 15 is 0 Å².